The summed E-state index contributed by atoms with van der Waals surface area (Å²) < 4.78 is 10.4. The Balaban J connectivity index is 2.34. The van der Waals surface area contributed by atoms with Crippen LogP contribution in [0.2, 0.25) is 0 Å². The lowest BCUT2D eigenvalue weighted by Crippen LogP contribution is -2.04. The second-order valence-electron chi connectivity index (χ2n) is 5.09. The summed E-state index contributed by atoms with van der Waals surface area (Å²) in [6.45, 7) is 1.69. The first-order chi connectivity index (χ1) is 12.4. The van der Waals surface area contributed by atoms with Gasteiger partial charge in [0.2, 0.25) is 0 Å². The van der Waals surface area contributed by atoms with Crippen LogP contribution >= 0.6 is 0 Å². The number of nitrogens with one attached hydrogen (secondary N) is 1. The van der Waals surface area contributed by atoms with Gasteiger partial charge in [0.1, 0.15) is 17.2 Å². The smallest absolute Gasteiger partial charge is 0.301 e. The first kappa shape index (κ1) is 18.6. The Morgan fingerprint density at radius 1 is 1.04 bits per heavy atom. The van der Waals surface area contributed by atoms with Crippen LogP contribution in [0.1, 0.15) is 12.5 Å². The van der Waals surface area contributed by atoms with Crippen LogP contribution in [0.5, 0.6) is 11.5 Å². The van der Waals surface area contributed by atoms with Gasteiger partial charge < -0.3 is 9.47 Å². The van der Waals surface area contributed by atoms with E-state index in [-0.39, 0.29) is 11.4 Å². The normalized spacial score (nSPS) is 11.0. The van der Waals surface area contributed by atoms with Gasteiger partial charge in [0, 0.05) is 17.7 Å². The van der Waals surface area contributed by atoms with E-state index in [9.17, 15) is 20.2 Å². The van der Waals surface area contributed by atoms with Crippen molar-refractivity contribution in [3.63, 3.8) is 0 Å². The number of methoxy groups -OCH3 is 2. The molecule has 2 rings (SSSR count). The highest BCUT2D eigenvalue weighted by atomic mass is 16.6. The average molecular weight is 360 g/mol. The average Bonchev–Trinajstić information content (AvgIpc) is 2.65. The van der Waals surface area contributed by atoms with Gasteiger partial charge in [0.25, 0.3) is 5.69 Å². The van der Waals surface area contributed by atoms with Crippen molar-refractivity contribution in [3.8, 4) is 11.5 Å². The lowest BCUT2D eigenvalue weighted by atomic mass is 10.1. The van der Waals surface area contributed by atoms with E-state index < -0.39 is 15.5 Å². The summed E-state index contributed by atoms with van der Waals surface area (Å²) >= 11 is 0. The Morgan fingerprint density at radius 2 is 1.77 bits per heavy atom. The number of nitrogens with zero attached hydrogens (tertiary/aromatic N) is 3. The lowest BCUT2D eigenvalue weighted by molar-refractivity contribution is -0.393. The minimum absolute atomic E-state index is 0.0347. The van der Waals surface area contributed by atoms with Crippen molar-refractivity contribution in [1.82, 2.24) is 0 Å². The summed E-state index contributed by atoms with van der Waals surface area (Å²) in [5.41, 5.74) is 2.94. The fraction of sp³-hybridized carbons (Fsp3) is 0.188. The predicted molar refractivity (Wildman–Crippen MR) is 95.1 cm³/mol. The first-order valence-electron chi connectivity index (χ1n) is 7.33. The third-order valence-electron chi connectivity index (χ3n) is 3.53. The van der Waals surface area contributed by atoms with Gasteiger partial charge in [-0.2, -0.15) is 5.10 Å². The highest BCUT2D eigenvalue weighted by molar-refractivity contribution is 6.01. The van der Waals surface area contributed by atoms with Crippen molar-refractivity contribution in [2.45, 2.75) is 6.92 Å². The number of rotatable bonds is 7. The molecule has 2 aromatic carbocycles. The summed E-state index contributed by atoms with van der Waals surface area (Å²) in [5, 5.41) is 26.0. The quantitative estimate of drug-likeness (QED) is 0.455. The largest absolute Gasteiger partial charge is 0.497 e. The maximum Gasteiger partial charge on any atom is 0.301 e. The van der Waals surface area contributed by atoms with Crippen LogP contribution in [0.4, 0.5) is 17.1 Å². The fourth-order valence-corrected chi connectivity index (χ4v) is 2.18. The van der Waals surface area contributed by atoms with Crippen LogP contribution in [0.25, 0.3) is 0 Å². The topological polar surface area (TPSA) is 129 Å². The molecule has 136 valence electrons. The lowest BCUT2D eigenvalue weighted by Gasteiger charge is -2.10. The number of hydrazone groups is 1. The number of hydrogen-bond donors (Lipinski definition) is 1. The van der Waals surface area contributed by atoms with Crippen molar-refractivity contribution < 1.29 is 19.3 Å². The number of nitro groups is 2. The van der Waals surface area contributed by atoms with E-state index in [2.05, 4.69) is 10.5 Å². The maximum absolute atomic E-state index is 11.1. The van der Waals surface area contributed by atoms with E-state index in [4.69, 9.17) is 9.47 Å². The Hall–Kier alpha value is -3.69. The van der Waals surface area contributed by atoms with E-state index in [0.717, 1.165) is 12.1 Å². The Labute approximate surface area is 148 Å². The standard InChI is InChI=1S/C16H16N4O6/c1-10(13-6-5-12(25-2)9-16(13)26-3)17-18-14-7-4-11(19(21)22)8-15(14)20(23)24/h4-9,18H,1-3H3. The molecule has 26 heavy (non-hydrogen) atoms. The molecule has 1 N–H and O–H groups in total. The third-order valence-corrected chi connectivity index (χ3v) is 3.53. The van der Waals surface area contributed by atoms with Gasteiger partial charge in [-0.15, -0.1) is 0 Å². The number of nitro benzene ring substituents is 2. The van der Waals surface area contributed by atoms with Gasteiger partial charge in [0.05, 0.1) is 35.8 Å². The molecule has 0 aliphatic rings. The summed E-state index contributed by atoms with van der Waals surface area (Å²) in [7, 11) is 3.03. The van der Waals surface area contributed by atoms with Crippen molar-refractivity contribution in [1.29, 1.82) is 0 Å². The van der Waals surface area contributed by atoms with Gasteiger partial charge in [0.15, 0.2) is 0 Å². The summed E-state index contributed by atoms with van der Waals surface area (Å²) in [6.07, 6.45) is 0. The van der Waals surface area contributed by atoms with Crippen molar-refractivity contribution in [3.05, 3.63) is 62.2 Å². The minimum Gasteiger partial charge on any atom is -0.497 e. The number of hydrogen-bond acceptors (Lipinski definition) is 8. The van der Waals surface area contributed by atoms with E-state index in [0.29, 0.717) is 22.8 Å². The molecular formula is C16H16N4O6. The molecule has 0 unspecified atom stereocenters. The Morgan fingerprint density at radius 3 is 2.35 bits per heavy atom. The molecule has 0 bridgehead atoms. The maximum atomic E-state index is 11.1. The van der Waals surface area contributed by atoms with E-state index in [1.54, 1.807) is 25.1 Å². The molecule has 0 aliphatic carbocycles. The van der Waals surface area contributed by atoms with Crippen LogP contribution < -0.4 is 14.9 Å². The minimum atomic E-state index is -0.714. The Bertz CT molecular complexity index is 881. The molecule has 0 amide bonds. The van der Waals surface area contributed by atoms with Gasteiger partial charge in [-0.05, 0) is 25.1 Å². The molecule has 0 radical (unpaired) electrons. The van der Waals surface area contributed by atoms with E-state index in [1.165, 1.54) is 20.3 Å². The molecule has 0 spiro atoms. The van der Waals surface area contributed by atoms with Crippen LogP contribution in [0, 0.1) is 20.2 Å². The SMILES string of the molecule is COc1ccc(C(C)=NNc2ccc([N+](=O)[O-])cc2[N+](=O)[O-])c(OC)c1. The third kappa shape index (κ3) is 4.04. The molecule has 0 saturated carbocycles. The molecule has 2 aromatic rings. The fourth-order valence-electron chi connectivity index (χ4n) is 2.18. The van der Waals surface area contributed by atoms with E-state index in [1.807, 2.05) is 0 Å². The molecule has 10 heteroatoms. The number of non-ortho nitro benzene ring substituents is 1. The highest BCUT2D eigenvalue weighted by Crippen LogP contribution is 2.29. The molecule has 0 fully saturated rings. The molecule has 0 atom stereocenters. The second kappa shape index (κ2) is 7.92. The first-order valence-corrected chi connectivity index (χ1v) is 7.33. The number of benzene rings is 2. The highest BCUT2D eigenvalue weighted by Gasteiger charge is 2.19. The summed E-state index contributed by atoms with van der Waals surface area (Å²) in [4.78, 5) is 20.5. The molecular weight excluding hydrogens is 344 g/mol. The van der Waals surface area contributed by atoms with Crippen LogP contribution in [-0.2, 0) is 0 Å². The van der Waals surface area contributed by atoms with Crippen molar-refractivity contribution >= 4 is 22.8 Å². The Kier molecular flexibility index (Phi) is 5.68. The van der Waals surface area contributed by atoms with Gasteiger partial charge in [-0.3, -0.25) is 25.7 Å². The van der Waals surface area contributed by atoms with Crippen LogP contribution in [-0.4, -0.2) is 29.8 Å². The molecule has 0 aromatic heterocycles. The molecule has 0 aliphatic heterocycles. The van der Waals surface area contributed by atoms with Crippen LogP contribution in [0.15, 0.2) is 41.5 Å². The van der Waals surface area contributed by atoms with Crippen molar-refractivity contribution in [2.24, 2.45) is 5.10 Å². The van der Waals surface area contributed by atoms with Gasteiger partial charge >= 0.3 is 5.69 Å². The summed E-state index contributed by atoms with van der Waals surface area (Å²) in [6, 6.07) is 8.42. The summed E-state index contributed by atoms with van der Waals surface area (Å²) in [5.74, 6) is 1.13. The second-order valence-corrected chi connectivity index (χ2v) is 5.09. The monoisotopic (exact) mass is 360 g/mol. The predicted octanol–water partition coefficient (Wildman–Crippen LogP) is 3.36. The molecule has 0 heterocycles. The zero-order valence-electron chi connectivity index (χ0n) is 14.3. The van der Waals surface area contributed by atoms with Gasteiger partial charge in [-0.25, -0.2) is 0 Å². The van der Waals surface area contributed by atoms with Gasteiger partial charge in [-0.1, -0.05) is 0 Å². The van der Waals surface area contributed by atoms with E-state index >= 15 is 0 Å². The molecule has 10 nitrogen and oxygen atoms in total. The number of ether oxygens (including phenoxy) is 2. The molecule has 0 saturated heterocycles. The van der Waals surface area contributed by atoms with Crippen LogP contribution in [0.3, 0.4) is 0 Å². The zero-order chi connectivity index (χ0) is 19.3. The van der Waals surface area contributed by atoms with Crippen molar-refractivity contribution in [2.75, 3.05) is 19.6 Å². The zero-order valence-corrected chi connectivity index (χ0v) is 14.3. The number of anilines is 1.